The van der Waals surface area contributed by atoms with E-state index in [1.165, 1.54) is 10.5 Å². The normalized spacial score (nSPS) is 21.6. The van der Waals surface area contributed by atoms with Crippen molar-refractivity contribution in [3.05, 3.63) is 102 Å². The number of carbonyl (C=O) groups is 2. The van der Waals surface area contributed by atoms with Crippen LogP contribution >= 0.6 is 0 Å². The molecule has 1 unspecified atom stereocenters. The van der Waals surface area contributed by atoms with Crippen LogP contribution in [0.25, 0.3) is 0 Å². The molecule has 2 saturated heterocycles. The van der Waals surface area contributed by atoms with E-state index in [-0.39, 0.29) is 11.9 Å². The van der Waals surface area contributed by atoms with Crippen molar-refractivity contribution in [2.75, 3.05) is 26.2 Å². The SMILES string of the molecule is O=C1NC(c2ccccc2)(c2ccccn2)C(=O)N1CCCN1CCC(c2ccccc2)CC1. The van der Waals surface area contributed by atoms with Gasteiger partial charge in [-0.2, -0.15) is 0 Å². The second-order valence-corrected chi connectivity index (χ2v) is 9.10. The third-order valence-corrected chi connectivity index (χ3v) is 7.08. The molecule has 3 heterocycles. The van der Waals surface area contributed by atoms with Gasteiger partial charge in [0.2, 0.25) is 0 Å². The maximum atomic E-state index is 13.7. The Morgan fingerprint density at radius 2 is 1.53 bits per heavy atom. The van der Waals surface area contributed by atoms with Gasteiger partial charge in [-0.1, -0.05) is 66.7 Å². The highest BCUT2D eigenvalue weighted by molar-refractivity contribution is 6.09. The number of likely N-dealkylation sites (tertiary alicyclic amines) is 1. The Morgan fingerprint density at radius 3 is 2.21 bits per heavy atom. The van der Waals surface area contributed by atoms with E-state index in [0.29, 0.717) is 18.2 Å². The molecule has 2 aromatic carbocycles. The van der Waals surface area contributed by atoms with Gasteiger partial charge in [0.15, 0.2) is 5.54 Å². The number of amides is 3. The van der Waals surface area contributed by atoms with Crippen LogP contribution in [-0.4, -0.2) is 52.9 Å². The highest BCUT2D eigenvalue weighted by atomic mass is 16.2. The molecule has 0 saturated carbocycles. The Labute approximate surface area is 200 Å². The smallest absolute Gasteiger partial charge is 0.314 e. The molecule has 2 fully saturated rings. The monoisotopic (exact) mass is 454 g/mol. The van der Waals surface area contributed by atoms with Gasteiger partial charge in [-0.15, -0.1) is 0 Å². The second kappa shape index (κ2) is 9.77. The van der Waals surface area contributed by atoms with E-state index in [0.717, 1.165) is 44.5 Å². The number of hydrogen-bond acceptors (Lipinski definition) is 4. The van der Waals surface area contributed by atoms with Crippen LogP contribution < -0.4 is 5.32 Å². The van der Waals surface area contributed by atoms with Crippen molar-refractivity contribution in [1.82, 2.24) is 20.1 Å². The zero-order valence-corrected chi connectivity index (χ0v) is 19.3. The van der Waals surface area contributed by atoms with Crippen LogP contribution in [0, 0.1) is 0 Å². The first-order valence-corrected chi connectivity index (χ1v) is 12.1. The summed E-state index contributed by atoms with van der Waals surface area (Å²) in [4.78, 5) is 34.9. The van der Waals surface area contributed by atoms with Gasteiger partial charge in [-0.3, -0.25) is 14.7 Å². The number of pyridine rings is 1. The Bertz CT molecular complexity index is 1070. The van der Waals surface area contributed by atoms with Crippen molar-refractivity contribution in [1.29, 1.82) is 0 Å². The van der Waals surface area contributed by atoms with Crippen molar-refractivity contribution >= 4 is 11.9 Å². The minimum absolute atomic E-state index is 0.259. The van der Waals surface area contributed by atoms with Gasteiger partial charge in [-0.25, -0.2) is 4.79 Å². The lowest BCUT2D eigenvalue weighted by Crippen LogP contribution is -2.46. The van der Waals surface area contributed by atoms with Gasteiger partial charge >= 0.3 is 6.03 Å². The molecule has 0 bridgehead atoms. The van der Waals surface area contributed by atoms with Crippen LogP contribution in [-0.2, 0) is 10.3 Å². The lowest BCUT2D eigenvalue weighted by molar-refractivity contribution is -0.130. The molecule has 1 aromatic heterocycles. The van der Waals surface area contributed by atoms with Crippen LogP contribution in [0.4, 0.5) is 4.79 Å². The van der Waals surface area contributed by atoms with E-state index in [1.54, 1.807) is 12.3 Å². The van der Waals surface area contributed by atoms with Crippen molar-refractivity contribution in [2.24, 2.45) is 0 Å². The van der Waals surface area contributed by atoms with Crippen LogP contribution in [0.5, 0.6) is 0 Å². The summed E-state index contributed by atoms with van der Waals surface area (Å²) in [5, 5.41) is 2.97. The van der Waals surface area contributed by atoms with Crippen molar-refractivity contribution in [3.8, 4) is 0 Å². The zero-order valence-electron chi connectivity index (χ0n) is 19.3. The number of urea groups is 1. The summed E-state index contributed by atoms with van der Waals surface area (Å²) in [6.45, 7) is 3.36. The molecule has 1 N–H and O–H groups in total. The van der Waals surface area contributed by atoms with Crippen LogP contribution in [0.2, 0.25) is 0 Å². The number of nitrogens with zero attached hydrogens (tertiary/aromatic N) is 3. The summed E-state index contributed by atoms with van der Waals surface area (Å²) < 4.78 is 0. The molecule has 174 valence electrons. The maximum Gasteiger partial charge on any atom is 0.325 e. The number of piperidine rings is 1. The summed E-state index contributed by atoms with van der Waals surface area (Å²) in [6, 6.07) is 25.2. The van der Waals surface area contributed by atoms with E-state index >= 15 is 0 Å². The van der Waals surface area contributed by atoms with Crippen molar-refractivity contribution in [3.63, 3.8) is 0 Å². The number of benzene rings is 2. The minimum Gasteiger partial charge on any atom is -0.314 e. The minimum atomic E-state index is -1.28. The number of rotatable bonds is 7. The summed E-state index contributed by atoms with van der Waals surface area (Å²) >= 11 is 0. The highest BCUT2D eigenvalue weighted by Gasteiger charge is 2.54. The van der Waals surface area contributed by atoms with E-state index < -0.39 is 5.54 Å². The molecule has 0 spiro atoms. The van der Waals surface area contributed by atoms with Gasteiger partial charge in [0, 0.05) is 12.7 Å². The first-order valence-electron chi connectivity index (χ1n) is 12.1. The number of nitrogens with one attached hydrogen (secondary N) is 1. The van der Waals surface area contributed by atoms with Crippen LogP contribution in [0.1, 0.15) is 42.0 Å². The maximum absolute atomic E-state index is 13.7. The third-order valence-electron chi connectivity index (χ3n) is 7.08. The molecule has 0 radical (unpaired) electrons. The fraction of sp³-hybridized carbons (Fsp3) is 0.321. The topological polar surface area (TPSA) is 65.5 Å². The average Bonchev–Trinajstić information content (AvgIpc) is 3.16. The molecule has 1 atom stereocenters. The quantitative estimate of drug-likeness (QED) is 0.545. The van der Waals surface area contributed by atoms with E-state index in [4.69, 9.17) is 0 Å². The van der Waals surface area contributed by atoms with E-state index in [2.05, 4.69) is 45.5 Å². The lowest BCUT2D eigenvalue weighted by Gasteiger charge is -2.32. The standard InChI is InChI=1S/C28H30N4O2/c33-26-28(24-12-5-2-6-13-24,25-14-7-8-17-29-25)30-27(34)32(26)19-9-18-31-20-15-23(16-21-31)22-10-3-1-4-11-22/h1-8,10-14,17,23H,9,15-16,18-21H2,(H,30,34). The molecule has 3 aromatic rings. The fourth-order valence-electron chi connectivity index (χ4n) is 5.24. The highest BCUT2D eigenvalue weighted by Crippen LogP contribution is 2.35. The summed E-state index contributed by atoms with van der Waals surface area (Å²) in [5.74, 6) is 0.360. The molecule has 2 aliphatic rings. The molecule has 3 amide bonds. The molecule has 6 heteroatoms. The number of imide groups is 1. The predicted octanol–water partition coefficient (Wildman–Crippen LogP) is 4.15. The molecule has 2 aliphatic heterocycles. The Balaban J connectivity index is 1.23. The summed E-state index contributed by atoms with van der Waals surface area (Å²) in [6.07, 6.45) is 4.69. The van der Waals surface area contributed by atoms with E-state index in [9.17, 15) is 9.59 Å². The molecule has 6 nitrogen and oxygen atoms in total. The first kappa shape index (κ1) is 22.3. The van der Waals surface area contributed by atoms with Gasteiger partial charge in [0.05, 0.1) is 5.69 Å². The van der Waals surface area contributed by atoms with Gasteiger partial charge in [0.25, 0.3) is 5.91 Å². The summed E-state index contributed by atoms with van der Waals surface area (Å²) in [5.41, 5.74) is 1.39. The Hall–Kier alpha value is -3.51. The molecular weight excluding hydrogens is 424 g/mol. The fourth-order valence-corrected chi connectivity index (χ4v) is 5.24. The second-order valence-electron chi connectivity index (χ2n) is 9.10. The molecule has 0 aliphatic carbocycles. The molecular formula is C28H30N4O2. The zero-order chi connectivity index (χ0) is 23.4. The lowest BCUT2D eigenvalue weighted by atomic mass is 9.86. The first-order chi connectivity index (χ1) is 16.7. The van der Waals surface area contributed by atoms with Crippen molar-refractivity contribution in [2.45, 2.75) is 30.7 Å². The molecule has 5 rings (SSSR count). The van der Waals surface area contributed by atoms with Gasteiger partial charge < -0.3 is 10.2 Å². The molecule has 34 heavy (non-hydrogen) atoms. The number of aromatic nitrogens is 1. The van der Waals surface area contributed by atoms with Crippen molar-refractivity contribution < 1.29 is 9.59 Å². The van der Waals surface area contributed by atoms with Crippen LogP contribution in [0.15, 0.2) is 85.1 Å². The Kier molecular flexibility index (Phi) is 6.41. The number of carbonyl (C=O) groups excluding carboxylic acids is 2. The summed E-state index contributed by atoms with van der Waals surface area (Å²) in [7, 11) is 0. The number of hydrogen-bond donors (Lipinski definition) is 1. The van der Waals surface area contributed by atoms with E-state index in [1.807, 2.05) is 42.5 Å². The van der Waals surface area contributed by atoms with Gasteiger partial charge in [0.1, 0.15) is 0 Å². The third kappa shape index (κ3) is 4.21. The largest absolute Gasteiger partial charge is 0.325 e. The van der Waals surface area contributed by atoms with Crippen LogP contribution in [0.3, 0.4) is 0 Å². The predicted molar refractivity (Wildman–Crippen MR) is 131 cm³/mol. The van der Waals surface area contributed by atoms with Gasteiger partial charge in [-0.05, 0) is 68.1 Å². The Morgan fingerprint density at radius 1 is 0.853 bits per heavy atom. The average molecular weight is 455 g/mol.